The minimum atomic E-state index is -0.389. The number of nitrogens with zero attached hydrogens (tertiary/aromatic N) is 5. The second kappa shape index (κ2) is 5.80. The third kappa shape index (κ3) is 2.79. The lowest BCUT2D eigenvalue weighted by atomic mass is 10.2. The second-order valence-electron chi connectivity index (χ2n) is 4.51. The second-order valence-corrected chi connectivity index (χ2v) is 4.51. The van der Waals surface area contributed by atoms with Gasteiger partial charge in [0, 0.05) is 31.3 Å². The Hall–Kier alpha value is -2.61. The quantitative estimate of drug-likeness (QED) is 0.831. The molecule has 1 saturated heterocycles. The Balaban J connectivity index is 1.77. The van der Waals surface area contributed by atoms with Gasteiger partial charge in [-0.25, -0.2) is 15.0 Å². The number of anilines is 1. The number of hydrogen-bond acceptors (Lipinski definition) is 7. The molecule has 1 aliphatic rings. The van der Waals surface area contributed by atoms with E-state index in [1.807, 2.05) is 0 Å². The number of carbonyl (C=O) groups excluding carboxylic acids is 1. The molecule has 0 aromatic carbocycles. The van der Waals surface area contributed by atoms with Gasteiger partial charge in [-0.1, -0.05) is 0 Å². The summed E-state index contributed by atoms with van der Waals surface area (Å²) in [6, 6.07) is 1.67. The van der Waals surface area contributed by atoms with Crippen molar-refractivity contribution in [3.8, 4) is 0 Å². The maximum absolute atomic E-state index is 12.3. The zero-order chi connectivity index (χ0) is 14.7. The zero-order valence-corrected chi connectivity index (χ0v) is 11.2. The molecule has 1 aliphatic heterocycles. The molecule has 0 bridgehead atoms. The first-order valence-electron chi connectivity index (χ1n) is 6.50. The van der Waals surface area contributed by atoms with Crippen LogP contribution >= 0.6 is 0 Å². The van der Waals surface area contributed by atoms with E-state index >= 15 is 0 Å². The van der Waals surface area contributed by atoms with Gasteiger partial charge < -0.3 is 15.4 Å². The van der Waals surface area contributed by atoms with Crippen molar-refractivity contribution in [3.05, 3.63) is 42.4 Å². The molecule has 3 heterocycles. The highest BCUT2D eigenvalue weighted by molar-refractivity contribution is 5.90. The van der Waals surface area contributed by atoms with Crippen LogP contribution in [0.1, 0.15) is 22.4 Å². The van der Waals surface area contributed by atoms with Crippen molar-refractivity contribution >= 4 is 11.7 Å². The maximum atomic E-state index is 12.3. The van der Waals surface area contributed by atoms with E-state index in [-0.39, 0.29) is 17.8 Å². The fraction of sp³-hybridized carbons (Fsp3) is 0.308. The molecule has 3 rings (SSSR count). The lowest BCUT2D eigenvalue weighted by molar-refractivity contribution is -0.0249. The summed E-state index contributed by atoms with van der Waals surface area (Å²) in [6.07, 6.45) is 5.76. The van der Waals surface area contributed by atoms with Crippen molar-refractivity contribution in [3.63, 3.8) is 0 Å². The van der Waals surface area contributed by atoms with Gasteiger partial charge in [0.25, 0.3) is 5.91 Å². The van der Waals surface area contributed by atoms with Gasteiger partial charge >= 0.3 is 0 Å². The van der Waals surface area contributed by atoms with Crippen molar-refractivity contribution in [1.82, 2.24) is 24.8 Å². The van der Waals surface area contributed by atoms with Gasteiger partial charge in [0.1, 0.15) is 17.6 Å². The van der Waals surface area contributed by atoms with Gasteiger partial charge in [0.2, 0.25) is 5.82 Å². The summed E-state index contributed by atoms with van der Waals surface area (Å²) in [5, 5.41) is 0. The topological polar surface area (TPSA) is 107 Å². The van der Waals surface area contributed by atoms with Crippen LogP contribution in [0.15, 0.2) is 30.9 Å². The average molecular weight is 286 g/mol. The molecule has 2 N–H and O–H groups in total. The lowest BCUT2D eigenvalue weighted by Gasteiger charge is -2.32. The Bertz CT molecular complexity index is 636. The summed E-state index contributed by atoms with van der Waals surface area (Å²) in [4.78, 5) is 30.1. The van der Waals surface area contributed by atoms with Gasteiger partial charge in [-0.05, 0) is 6.07 Å². The fourth-order valence-corrected chi connectivity index (χ4v) is 2.16. The number of nitrogens with two attached hydrogens (primary N) is 1. The Morgan fingerprint density at radius 3 is 2.71 bits per heavy atom. The third-order valence-corrected chi connectivity index (χ3v) is 3.17. The van der Waals surface area contributed by atoms with Crippen LogP contribution in [0.3, 0.4) is 0 Å². The molecule has 108 valence electrons. The summed E-state index contributed by atoms with van der Waals surface area (Å²) in [6.45, 7) is 1.23. The minimum absolute atomic E-state index is 0.172. The molecule has 0 radical (unpaired) electrons. The molecular formula is C13H14N6O2. The minimum Gasteiger partial charge on any atom is -0.382 e. The Kier molecular flexibility index (Phi) is 3.69. The highest BCUT2D eigenvalue weighted by atomic mass is 16.5. The van der Waals surface area contributed by atoms with Crippen LogP contribution in [0.25, 0.3) is 0 Å². The number of carbonyl (C=O) groups is 1. The molecule has 2 aromatic heterocycles. The number of hydrogen-bond donors (Lipinski definition) is 1. The summed E-state index contributed by atoms with van der Waals surface area (Å²) in [5.41, 5.74) is 6.35. The molecule has 0 unspecified atom stereocenters. The van der Waals surface area contributed by atoms with Gasteiger partial charge in [0.15, 0.2) is 0 Å². The largest absolute Gasteiger partial charge is 0.382 e. The zero-order valence-electron chi connectivity index (χ0n) is 11.2. The smallest absolute Gasteiger partial charge is 0.291 e. The highest BCUT2D eigenvalue weighted by Crippen LogP contribution is 2.24. The molecule has 2 aromatic rings. The van der Waals surface area contributed by atoms with Crippen LogP contribution < -0.4 is 5.73 Å². The molecule has 0 aliphatic carbocycles. The first-order valence-corrected chi connectivity index (χ1v) is 6.50. The molecule has 0 saturated carbocycles. The van der Waals surface area contributed by atoms with Gasteiger partial charge in [-0.15, -0.1) is 0 Å². The van der Waals surface area contributed by atoms with Gasteiger partial charge in [-0.2, -0.15) is 0 Å². The predicted molar refractivity (Wildman–Crippen MR) is 73.1 cm³/mol. The SMILES string of the molecule is Nc1nccnc1[C@@H]1CN(C(=O)c2ncccn2)CCO1. The van der Waals surface area contributed by atoms with E-state index in [2.05, 4.69) is 19.9 Å². The fourth-order valence-electron chi connectivity index (χ4n) is 2.16. The summed E-state index contributed by atoms with van der Waals surface area (Å²) >= 11 is 0. The predicted octanol–water partition coefficient (Wildman–Crippen LogP) is 0.0625. The summed E-state index contributed by atoms with van der Waals surface area (Å²) in [7, 11) is 0. The average Bonchev–Trinajstić information content (AvgIpc) is 2.55. The van der Waals surface area contributed by atoms with Crippen molar-refractivity contribution in [1.29, 1.82) is 0 Å². The van der Waals surface area contributed by atoms with Crippen molar-refractivity contribution in [2.24, 2.45) is 0 Å². The van der Waals surface area contributed by atoms with E-state index in [0.29, 0.717) is 31.2 Å². The lowest BCUT2D eigenvalue weighted by Crippen LogP contribution is -2.43. The molecular weight excluding hydrogens is 272 g/mol. The normalized spacial score (nSPS) is 18.5. The van der Waals surface area contributed by atoms with E-state index in [9.17, 15) is 4.79 Å². The van der Waals surface area contributed by atoms with Crippen molar-refractivity contribution in [2.75, 3.05) is 25.4 Å². The van der Waals surface area contributed by atoms with Crippen LogP contribution in [0.2, 0.25) is 0 Å². The summed E-state index contributed by atoms with van der Waals surface area (Å²) in [5.74, 6) is 0.254. The molecule has 0 spiro atoms. The van der Waals surface area contributed by atoms with E-state index < -0.39 is 0 Å². The number of morpholine rings is 1. The molecule has 8 nitrogen and oxygen atoms in total. The summed E-state index contributed by atoms with van der Waals surface area (Å²) < 4.78 is 5.64. The number of rotatable bonds is 2. The molecule has 1 fully saturated rings. The Morgan fingerprint density at radius 1 is 1.19 bits per heavy atom. The Labute approximate surface area is 121 Å². The van der Waals surface area contributed by atoms with Gasteiger partial charge in [-0.3, -0.25) is 9.78 Å². The maximum Gasteiger partial charge on any atom is 0.291 e. The van der Waals surface area contributed by atoms with Crippen molar-refractivity contribution < 1.29 is 9.53 Å². The third-order valence-electron chi connectivity index (χ3n) is 3.17. The van der Waals surface area contributed by atoms with E-state index in [1.54, 1.807) is 29.6 Å². The van der Waals surface area contributed by atoms with Crippen LogP contribution in [0.5, 0.6) is 0 Å². The van der Waals surface area contributed by atoms with E-state index in [1.165, 1.54) is 6.20 Å². The van der Waals surface area contributed by atoms with Crippen molar-refractivity contribution in [2.45, 2.75) is 6.10 Å². The van der Waals surface area contributed by atoms with Crippen LogP contribution in [0.4, 0.5) is 5.82 Å². The van der Waals surface area contributed by atoms with Gasteiger partial charge in [0.05, 0.1) is 13.2 Å². The molecule has 8 heteroatoms. The van der Waals surface area contributed by atoms with Crippen LogP contribution in [-0.2, 0) is 4.74 Å². The number of amides is 1. The molecule has 21 heavy (non-hydrogen) atoms. The highest BCUT2D eigenvalue weighted by Gasteiger charge is 2.29. The van der Waals surface area contributed by atoms with E-state index in [4.69, 9.17) is 10.5 Å². The van der Waals surface area contributed by atoms with Crippen LogP contribution in [-0.4, -0.2) is 50.4 Å². The number of aromatic nitrogens is 4. The first-order chi connectivity index (χ1) is 10.3. The monoisotopic (exact) mass is 286 g/mol. The first kappa shape index (κ1) is 13.4. The number of nitrogen functional groups attached to an aromatic ring is 1. The molecule has 1 amide bonds. The Morgan fingerprint density at radius 2 is 1.95 bits per heavy atom. The van der Waals surface area contributed by atoms with Crippen LogP contribution in [0, 0.1) is 0 Å². The standard InChI is InChI=1S/C13H14N6O2/c14-11-10(15-4-5-16-11)9-8-19(6-7-21-9)13(20)12-17-2-1-3-18-12/h1-5,9H,6-8H2,(H2,14,16)/t9-/m0/s1. The van der Waals surface area contributed by atoms with E-state index in [0.717, 1.165) is 0 Å². The number of ether oxygens (including phenoxy) is 1. The molecule has 1 atom stereocenters.